The van der Waals surface area contributed by atoms with E-state index in [1.54, 1.807) is 4.90 Å². The average molecular weight is 402 g/mol. The molecule has 3 aromatic rings. The van der Waals surface area contributed by atoms with E-state index in [2.05, 4.69) is 5.32 Å². The van der Waals surface area contributed by atoms with E-state index in [4.69, 9.17) is 5.11 Å². The first kappa shape index (κ1) is 21.3. The third-order valence-electron chi connectivity index (χ3n) is 4.80. The summed E-state index contributed by atoms with van der Waals surface area (Å²) in [5, 5.41) is 11.9. The molecule has 0 aromatic heterocycles. The molecule has 0 aliphatic carbocycles. The second-order valence-electron chi connectivity index (χ2n) is 7.00. The van der Waals surface area contributed by atoms with Crippen molar-refractivity contribution in [3.05, 3.63) is 108 Å². The van der Waals surface area contributed by atoms with Gasteiger partial charge in [0, 0.05) is 13.1 Å². The van der Waals surface area contributed by atoms with Crippen LogP contribution in [0.1, 0.15) is 22.7 Å². The smallest absolute Gasteiger partial charge is 0.247 e. The summed E-state index contributed by atoms with van der Waals surface area (Å²) in [6.07, 6.45) is 0.199. The van der Waals surface area contributed by atoms with Crippen molar-refractivity contribution in [3.63, 3.8) is 0 Å². The number of aliphatic hydroxyl groups is 1. The first-order valence-corrected chi connectivity index (χ1v) is 10.00. The molecule has 0 aliphatic heterocycles. The van der Waals surface area contributed by atoms with Crippen molar-refractivity contribution in [3.8, 4) is 0 Å². The van der Waals surface area contributed by atoms with E-state index in [0.29, 0.717) is 6.54 Å². The Labute approximate surface area is 177 Å². The summed E-state index contributed by atoms with van der Waals surface area (Å²) < 4.78 is 0. The van der Waals surface area contributed by atoms with Gasteiger partial charge in [0.15, 0.2) is 0 Å². The summed E-state index contributed by atoms with van der Waals surface area (Å²) in [6.45, 7) is 0.275. The van der Waals surface area contributed by atoms with E-state index in [0.717, 1.165) is 16.7 Å². The number of amides is 2. The molecule has 0 saturated carbocycles. The van der Waals surface area contributed by atoms with Crippen LogP contribution in [0.2, 0.25) is 0 Å². The SMILES string of the molecule is O=C(NCCO)[C@@H](c1ccccc1)N(Cc1ccccc1)C(=O)Cc1ccccc1. The van der Waals surface area contributed by atoms with Crippen LogP contribution >= 0.6 is 0 Å². The minimum Gasteiger partial charge on any atom is -0.395 e. The van der Waals surface area contributed by atoms with Gasteiger partial charge in [-0.3, -0.25) is 9.59 Å². The minimum absolute atomic E-state index is 0.133. The molecule has 0 spiro atoms. The second-order valence-corrected chi connectivity index (χ2v) is 7.00. The Bertz CT molecular complexity index is 930. The van der Waals surface area contributed by atoms with Crippen LogP contribution in [0.3, 0.4) is 0 Å². The van der Waals surface area contributed by atoms with E-state index in [-0.39, 0.29) is 31.4 Å². The highest BCUT2D eigenvalue weighted by Gasteiger charge is 2.31. The fourth-order valence-corrected chi connectivity index (χ4v) is 3.36. The molecule has 30 heavy (non-hydrogen) atoms. The number of rotatable bonds is 9. The summed E-state index contributed by atoms with van der Waals surface area (Å²) in [6, 6.07) is 27.6. The number of carbonyl (C=O) groups is 2. The summed E-state index contributed by atoms with van der Waals surface area (Å²) in [4.78, 5) is 28.1. The highest BCUT2D eigenvalue weighted by molar-refractivity contribution is 5.89. The highest BCUT2D eigenvalue weighted by Crippen LogP contribution is 2.25. The van der Waals surface area contributed by atoms with Crippen molar-refractivity contribution in [1.82, 2.24) is 10.2 Å². The van der Waals surface area contributed by atoms with E-state index >= 15 is 0 Å². The quantitative estimate of drug-likeness (QED) is 0.578. The van der Waals surface area contributed by atoms with Gasteiger partial charge < -0.3 is 15.3 Å². The third-order valence-corrected chi connectivity index (χ3v) is 4.80. The Balaban J connectivity index is 1.97. The predicted octanol–water partition coefficient (Wildman–Crippen LogP) is 3.11. The van der Waals surface area contributed by atoms with Crippen LogP contribution in [-0.4, -0.2) is 35.0 Å². The topological polar surface area (TPSA) is 69.6 Å². The maximum absolute atomic E-state index is 13.4. The Morgan fingerprint density at radius 1 is 0.800 bits per heavy atom. The summed E-state index contributed by atoms with van der Waals surface area (Å²) in [5.41, 5.74) is 2.56. The van der Waals surface area contributed by atoms with Gasteiger partial charge in [-0.25, -0.2) is 0 Å². The molecular formula is C25H26N2O3. The van der Waals surface area contributed by atoms with E-state index in [1.165, 1.54) is 0 Å². The number of hydrogen-bond acceptors (Lipinski definition) is 3. The first-order chi connectivity index (χ1) is 14.7. The molecule has 2 amide bonds. The minimum atomic E-state index is -0.797. The van der Waals surface area contributed by atoms with Crippen LogP contribution in [0, 0.1) is 0 Å². The molecule has 0 unspecified atom stereocenters. The van der Waals surface area contributed by atoms with Crippen LogP contribution in [0.5, 0.6) is 0 Å². The molecule has 1 atom stereocenters. The van der Waals surface area contributed by atoms with E-state index in [9.17, 15) is 9.59 Å². The largest absolute Gasteiger partial charge is 0.395 e. The van der Waals surface area contributed by atoms with Gasteiger partial charge in [0.05, 0.1) is 13.0 Å². The Morgan fingerprint density at radius 2 is 1.33 bits per heavy atom. The maximum atomic E-state index is 13.4. The molecule has 0 aliphatic rings. The van der Waals surface area contributed by atoms with Crippen molar-refractivity contribution in [2.75, 3.05) is 13.2 Å². The zero-order valence-electron chi connectivity index (χ0n) is 16.8. The number of benzene rings is 3. The number of carbonyl (C=O) groups excluding carboxylic acids is 2. The fourth-order valence-electron chi connectivity index (χ4n) is 3.36. The van der Waals surface area contributed by atoms with Crippen LogP contribution in [-0.2, 0) is 22.6 Å². The summed E-state index contributed by atoms with van der Waals surface area (Å²) >= 11 is 0. The Kier molecular flexibility index (Phi) is 7.75. The van der Waals surface area contributed by atoms with Crippen molar-refractivity contribution < 1.29 is 14.7 Å². The zero-order chi connectivity index (χ0) is 21.2. The van der Waals surface area contributed by atoms with Gasteiger partial charge in [-0.15, -0.1) is 0 Å². The Morgan fingerprint density at radius 3 is 1.90 bits per heavy atom. The lowest BCUT2D eigenvalue weighted by Crippen LogP contribution is -2.44. The second kappa shape index (κ2) is 10.9. The standard InChI is InChI=1S/C25H26N2O3/c28-17-16-26-25(30)24(22-14-8-3-9-15-22)27(19-21-12-6-2-7-13-21)23(29)18-20-10-4-1-5-11-20/h1-15,24,28H,16-19H2,(H,26,30)/t24-/m1/s1. The molecule has 0 fully saturated rings. The summed E-state index contributed by atoms with van der Waals surface area (Å²) in [5.74, 6) is -0.453. The lowest BCUT2D eigenvalue weighted by atomic mass is 10.0. The van der Waals surface area contributed by atoms with Gasteiger partial charge in [-0.1, -0.05) is 91.0 Å². The third kappa shape index (κ3) is 5.78. The lowest BCUT2D eigenvalue weighted by molar-refractivity contribution is -0.141. The molecule has 0 saturated heterocycles. The van der Waals surface area contributed by atoms with Gasteiger partial charge in [0.2, 0.25) is 11.8 Å². The van der Waals surface area contributed by atoms with Crippen molar-refractivity contribution in [2.45, 2.75) is 19.0 Å². The normalized spacial score (nSPS) is 11.5. The molecule has 3 rings (SSSR count). The van der Waals surface area contributed by atoms with Gasteiger partial charge in [-0.2, -0.15) is 0 Å². The first-order valence-electron chi connectivity index (χ1n) is 10.00. The number of hydrogen-bond donors (Lipinski definition) is 2. The summed E-state index contributed by atoms with van der Waals surface area (Å²) in [7, 11) is 0. The monoisotopic (exact) mass is 402 g/mol. The van der Waals surface area contributed by atoms with Gasteiger partial charge >= 0.3 is 0 Å². The van der Waals surface area contributed by atoms with Crippen molar-refractivity contribution in [1.29, 1.82) is 0 Å². The number of nitrogens with one attached hydrogen (secondary N) is 1. The van der Waals surface area contributed by atoms with Gasteiger partial charge in [0.1, 0.15) is 6.04 Å². The van der Waals surface area contributed by atoms with Crippen LogP contribution < -0.4 is 5.32 Å². The maximum Gasteiger partial charge on any atom is 0.247 e. The van der Waals surface area contributed by atoms with Gasteiger partial charge in [0.25, 0.3) is 0 Å². The molecule has 2 N–H and O–H groups in total. The van der Waals surface area contributed by atoms with E-state index < -0.39 is 6.04 Å². The van der Waals surface area contributed by atoms with E-state index in [1.807, 2.05) is 91.0 Å². The zero-order valence-corrected chi connectivity index (χ0v) is 16.8. The van der Waals surface area contributed by atoms with Crippen molar-refractivity contribution in [2.24, 2.45) is 0 Å². The van der Waals surface area contributed by atoms with Crippen LogP contribution in [0.15, 0.2) is 91.0 Å². The number of nitrogens with zero attached hydrogens (tertiary/aromatic N) is 1. The average Bonchev–Trinajstić information content (AvgIpc) is 2.79. The molecule has 5 heteroatoms. The van der Waals surface area contributed by atoms with Crippen LogP contribution in [0.4, 0.5) is 0 Å². The lowest BCUT2D eigenvalue weighted by Gasteiger charge is -2.31. The van der Waals surface area contributed by atoms with Crippen LogP contribution in [0.25, 0.3) is 0 Å². The van der Waals surface area contributed by atoms with Crippen molar-refractivity contribution >= 4 is 11.8 Å². The molecule has 3 aromatic carbocycles. The van der Waals surface area contributed by atoms with Gasteiger partial charge in [-0.05, 0) is 16.7 Å². The molecule has 0 radical (unpaired) electrons. The Hall–Kier alpha value is -3.44. The molecule has 0 bridgehead atoms. The molecule has 154 valence electrons. The highest BCUT2D eigenvalue weighted by atomic mass is 16.3. The molecular weight excluding hydrogens is 376 g/mol. The fraction of sp³-hybridized carbons (Fsp3) is 0.200. The molecule has 5 nitrogen and oxygen atoms in total. The molecule has 0 heterocycles. The number of aliphatic hydroxyl groups excluding tert-OH is 1. The predicted molar refractivity (Wildman–Crippen MR) is 116 cm³/mol.